The monoisotopic (exact) mass is 245 g/mol. The summed E-state index contributed by atoms with van der Waals surface area (Å²) in [7, 11) is -3.16. The van der Waals surface area contributed by atoms with Crippen LogP contribution in [0.1, 0.15) is 25.7 Å². The smallest absolute Gasteiger partial charge is 0.282 e. The van der Waals surface area contributed by atoms with Gasteiger partial charge in [-0.15, -0.1) is 0 Å². The molecule has 0 bridgehead atoms. The van der Waals surface area contributed by atoms with E-state index in [1.54, 1.807) is 8.61 Å². The van der Waals surface area contributed by atoms with Crippen LogP contribution in [0.2, 0.25) is 0 Å². The molecule has 0 spiro atoms. The zero-order valence-corrected chi connectivity index (χ0v) is 10.2. The second-order valence-electron chi connectivity index (χ2n) is 4.96. The summed E-state index contributed by atoms with van der Waals surface area (Å²) in [6, 6.07) is 0.494. The van der Waals surface area contributed by atoms with Crippen LogP contribution in [0.25, 0.3) is 0 Å². The third-order valence-electron chi connectivity index (χ3n) is 3.75. The van der Waals surface area contributed by atoms with Crippen LogP contribution in [-0.2, 0) is 10.2 Å². The van der Waals surface area contributed by atoms with E-state index in [1.165, 1.54) is 0 Å². The van der Waals surface area contributed by atoms with Gasteiger partial charge >= 0.3 is 0 Å². The second-order valence-corrected chi connectivity index (χ2v) is 6.79. The quantitative estimate of drug-likeness (QED) is 0.731. The van der Waals surface area contributed by atoms with E-state index in [0.717, 1.165) is 45.3 Å². The summed E-state index contributed by atoms with van der Waals surface area (Å²) in [6.07, 6.45) is 4.04. The highest BCUT2D eigenvalue weighted by Gasteiger charge is 2.45. The third kappa shape index (κ3) is 1.77. The van der Waals surface area contributed by atoms with Gasteiger partial charge < -0.3 is 5.32 Å². The Balaban J connectivity index is 1.81. The SMILES string of the molecule is O=S1(=O)N(C2CC2)CCCN1[C@@H]1CCNC1. The maximum atomic E-state index is 12.4. The van der Waals surface area contributed by atoms with Crippen molar-refractivity contribution in [2.75, 3.05) is 26.2 Å². The van der Waals surface area contributed by atoms with Gasteiger partial charge in [0.15, 0.2) is 0 Å². The molecule has 1 saturated carbocycles. The first kappa shape index (κ1) is 11.0. The lowest BCUT2D eigenvalue weighted by Gasteiger charge is -2.37. The van der Waals surface area contributed by atoms with Crippen LogP contribution in [0, 0.1) is 0 Å². The first-order valence-electron chi connectivity index (χ1n) is 6.19. The Bertz CT molecular complexity index is 360. The third-order valence-corrected chi connectivity index (χ3v) is 5.89. The fourth-order valence-electron chi connectivity index (χ4n) is 2.74. The van der Waals surface area contributed by atoms with Gasteiger partial charge in [0, 0.05) is 31.7 Å². The normalized spacial score (nSPS) is 36.6. The van der Waals surface area contributed by atoms with Crippen LogP contribution >= 0.6 is 0 Å². The molecule has 3 rings (SSSR count). The summed E-state index contributed by atoms with van der Waals surface area (Å²) in [5.41, 5.74) is 0. The van der Waals surface area contributed by atoms with Crippen molar-refractivity contribution in [3.05, 3.63) is 0 Å². The molecular formula is C10H19N3O2S. The largest absolute Gasteiger partial charge is 0.315 e. The van der Waals surface area contributed by atoms with Gasteiger partial charge in [0.1, 0.15) is 0 Å². The zero-order valence-electron chi connectivity index (χ0n) is 9.43. The van der Waals surface area contributed by atoms with E-state index in [-0.39, 0.29) is 6.04 Å². The van der Waals surface area contributed by atoms with Crippen LogP contribution in [0.5, 0.6) is 0 Å². The van der Waals surface area contributed by atoms with E-state index in [0.29, 0.717) is 12.6 Å². The number of nitrogens with zero attached hydrogens (tertiary/aromatic N) is 2. The standard InChI is InChI=1S/C10H19N3O2S/c14-16(15)12(9-2-3-9)6-1-7-13(16)10-4-5-11-8-10/h9-11H,1-8H2/t10-/m1/s1. The summed E-state index contributed by atoms with van der Waals surface area (Å²) in [4.78, 5) is 0. The van der Waals surface area contributed by atoms with Gasteiger partial charge in [-0.3, -0.25) is 0 Å². The molecule has 3 aliphatic rings. The molecular weight excluding hydrogens is 226 g/mol. The molecule has 0 unspecified atom stereocenters. The van der Waals surface area contributed by atoms with Crippen LogP contribution < -0.4 is 5.32 Å². The summed E-state index contributed by atoms with van der Waals surface area (Å²) >= 11 is 0. The fourth-order valence-corrected chi connectivity index (χ4v) is 4.87. The van der Waals surface area contributed by atoms with E-state index >= 15 is 0 Å². The van der Waals surface area contributed by atoms with Crippen molar-refractivity contribution in [2.45, 2.75) is 37.8 Å². The minimum atomic E-state index is -3.16. The summed E-state index contributed by atoms with van der Waals surface area (Å²) in [5, 5.41) is 3.24. The lowest BCUT2D eigenvalue weighted by atomic mass is 10.2. The number of nitrogens with one attached hydrogen (secondary N) is 1. The van der Waals surface area contributed by atoms with Gasteiger partial charge in [-0.25, -0.2) is 0 Å². The van der Waals surface area contributed by atoms with E-state index in [9.17, 15) is 8.42 Å². The fraction of sp³-hybridized carbons (Fsp3) is 1.00. The Hall–Kier alpha value is -0.170. The van der Waals surface area contributed by atoms with E-state index < -0.39 is 10.2 Å². The van der Waals surface area contributed by atoms with Crippen molar-refractivity contribution in [1.82, 2.24) is 13.9 Å². The molecule has 2 saturated heterocycles. The molecule has 0 amide bonds. The molecule has 1 N–H and O–H groups in total. The maximum absolute atomic E-state index is 12.4. The molecule has 92 valence electrons. The lowest BCUT2D eigenvalue weighted by molar-refractivity contribution is 0.244. The van der Waals surface area contributed by atoms with Gasteiger partial charge in [0.25, 0.3) is 10.2 Å². The van der Waals surface area contributed by atoms with Crippen molar-refractivity contribution in [3.63, 3.8) is 0 Å². The molecule has 0 aromatic rings. The molecule has 1 atom stereocenters. The molecule has 5 nitrogen and oxygen atoms in total. The maximum Gasteiger partial charge on any atom is 0.282 e. The van der Waals surface area contributed by atoms with Crippen molar-refractivity contribution in [3.8, 4) is 0 Å². The Kier molecular flexibility index (Phi) is 2.70. The first-order valence-corrected chi connectivity index (χ1v) is 7.58. The predicted octanol–water partition coefficient (Wildman–Crippen LogP) is -0.237. The number of hydrogen-bond acceptors (Lipinski definition) is 3. The van der Waals surface area contributed by atoms with Gasteiger partial charge in [-0.05, 0) is 32.2 Å². The Morgan fingerprint density at radius 3 is 2.25 bits per heavy atom. The van der Waals surface area contributed by atoms with Crippen LogP contribution in [0.4, 0.5) is 0 Å². The van der Waals surface area contributed by atoms with E-state index in [4.69, 9.17) is 0 Å². The summed E-state index contributed by atoms with van der Waals surface area (Å²) in [6.45, 7) is 3.19. The van der Waals surface area contributed by atoms with Crippen LogP contribution in [0.3, 0.4) is 0 Å². The average molecular weight is 245 g/mol. The van der Waals surface area contributed by atoms with E-state index in [1.807, 2.05) is 0 Å². The van der Waals surface area contributed by atoms with Crippen molar-refractivity contribution in [2.24, 2.45) is 0 Å². The van der Waals surface area contributed by atoms with Crippen molar-refractivity contribution in [1.29, 1.82) is 0 Å². The highest BCUT2D eigenvalue weighted by molar-refractivity contribution is 7.86. The van der Waals surface area contributed by atoms with Gasteiger partial charge in [0.05, 0.1) is 0 Å². The van der Waals surface area contributed by atoms with Crippen molar-refractivity contribution < 1.29 is 8.42 Å². The molecule has 3 fully saturated rings. The lowest BCUT2D eigenvalue weighted by Crippen LogP contribution is -2.54. The van der Waals surface area contributed by atoms with Gasteiger partial charge in [-0.1, -0.05) is 0 Å². The number of hydrogen-bond donors (Lipinski definition) is 1. The molecule has 0 aromatic heterocycles. The number of rotatable bonds is 2. The first-order chi connectivity index (χ1) is 7.69. The highest BCUT2D eigenvalue weighted by atomic mass is 32.2. The predicted molar refractivity (Wildman–Crippen MR) is 61.2 cm³/mol. The topological polar surface area (TPSA) is 52.7 Å². The Labute approximate surface area is 97.0 Å². The molecule has 1 aliphatic carbocycles. The Morgan fingerprint density at radius 1 is 1.00 bits per heavy atom. The summed E-state index contributed by atoms with van der Waals surface area (Å²) in [5.74, 6) is 0. The average Bonchev–Trinajstić information content (AvgIpc) is 2.92. The highest BCUT2D eigenvalue weighted by Crippen LogP contribution is 2.33. The van der Waals surface area contributed by atoms with Crippen LogP contribution in [-0.4, -0.2) is 55.3 Å². The van der Waals surface area contributed by atoms with Crippen LogP contribution in [0.15, 0.2) is 0 Å². The molecule has 2 aliphatic heterocycles. The van der Waals surface area contributed by atoms with Gasteiger partial charge in [0.2, 0.25) is 0 Å². The molecule has 2 heterocycles. The Morgan fingerprint density at radius 2 is 1.69 bits per heavy atom. The minimum absolute atomic E-state index is 0.187. The van der Waals surface area contributed by atoms with Crippen molar-refractivity contribution >= 4 is 10.2 Å². The molecule has 0 aromatic carbocycles. The zero-order chi connectivity index (χ0) is 11.2. The van der Waals surface area contributed by atoms with Gasteiger partial charge in [-0.2, -0.15) is 17.0 Å². The molecule has 16 heavy (non-hydrogen) atoms. The summed E-state index contributed by atoms with van der Waals surface area (Å²) < 4.78 is 28.3. The molecule has 6 heteroatoms. The molecule has 0 radical (unpaired) electrons. The minimum Gasteiger partial charge on any atom is -0.315 e. The van der Waals surface area contributed by atoms with E-state index in [2.05, 4.69) is 5.32 Å². The second kappa shape index (κ2) is 3.94.